The molecule has 1 aliphatic heterocycles. The first-order valence-corrected chi connectivity index (χ1v) is 9.55. The van der Waals surface area contributed by atoms with Crippen LogP contribution in [0.4, 0.5) is 5.69 Å². The monoisotopic (exact) mass is 359 g/mol. The van der Waals surface area contributed by atoms with E-state index in [1.807, 2.05) is 28.6 Å². The Morgan fingerprint density at radius 1 is 1.11 bits per heavy atom. The van der Waals surface area contributed by atoms with E-state index in [2.05, 4.69) is 61.4 Å². The Morgan fingerprint density at radius 2 is 1.85 bits per heavy atom. The number of amides is 1. The molecule has 1 aliphatic rings. The van der Waals surface area contributed by atoms with Gasteiger partial charge in [-0.25, -0.2) is 4.68 Å². The molecule has 1 atom stereocenters. The standard InChI is InChI=1S/C23H25N3O/c1-16-14-18(3)26(24-16)21-11-8-19(9-12-21)10-13-23(27)25-17(2)15-20-6-4-5-7-22(20)25/h4-9,11-12,14,17H,10,13,15H2,1-3H3. The van der Waals surface area contributed by atoms with Gasteiger partial charge in [-0.15, -0.1) is 0 Å². The molecule has 0 radical (unpaired) electrons. The summed E-state index contributed by atoms with van der Waals surface area (Å²) in [6.45, 7) is 6.18. The fourth-order valence-electron chi connectivity index (χ4n) is 4.01. The van der Waals surface area contributed by atoms with E-state index in [4.69, 9.17) is 0 Å². The lowest BCUT2D eigenvalue weighted by Gasteiger charge is -2.22. The van der Waals surface area contributed by atoms with Crippen LogP contribution in [0.2, 0.25) is 0 Å². The van der Waals surface area contributed by atoms with E-state index in [1.54, 1.807) is 0 Å². The van der Waals surface area contributed by atoms with Gasteiger partial charge in [0.15, 0.2) is 0 Å². The number of aryl methyl sites for hydroxylation is 3. The Morgan fingerprint density at radius 3 is 2.56 bits per heavy atom. The molecule has 0 fully saturated rings. The summed E-state index contributed by atoms with van der Waals surface area (Å²) in [5, 5.41) is 4.52. The summed E-state index contributed by atoms with van der Waals surface area (Å²) >= 11 is 0. The van der Waals surface area contributed by atoms with Crippen LogP contribution in [0.5, 0.6) is 0 Å². The minimum atomic E-state index is 0.204. The second-order valence-electron chi connectivity index (χ2n) is 7.45. The third kappa shape index (κ3) is 3.39. The van der Waals surface area contributed by atoms with E-state index in [1.165, 1.54) is 11.1 Å². The minimum Gasteiger partial charge on any atom is -0.309 e. The number of nitrogens with zero attached hydrogens (tertiary/aromatic N) is 3. The molecule has 3 aromatic rings. The molecule has 4 nitrogen and oxygen atoms in total. The Balaban J connectivity index is 1.43. The lowest BCUT2D eigenvalue weighted by atomic mass is 10.1. The third-order valence-corrected chi connectivity index (χ3v) is 5.29. The maximum absolute atomic E-state index is 12.8. The van der Waals surface area contributed by atoms with E-state index in [9.17, 15) is 4.79 Å². The predicted octanol–water partition coefficient (Wildman–Crippen LogP) is 4.40. The van der Waals surface area contributed by atoms with Gasteiger partial charge >= 0.3 is 0 Å². The Kier molecular flexibility index (Phi) is 4.56. The summed E-state index contributed by atoms with van der Waals surface area (Å²) in [4.78, 5) is 14.8. The van der Waals surface area contributed by atoms with Crippen molar-refractivity contribution in [2.24, 2.45) is 0 Å². The van der Waals surface area contributed by atoms with Crippen molar-refractivity contribution in [3.63, 3.8) is 0 Å². The van der Waals surface area contributed by atoms with Crippen LogP contribution >= 0.6 is 0 Å². The minimum absolute atomic E-state index is 0.204. The van der Waals surface area contributed by atoms with Gasteiger partial charge in [0.2, 0.25) is 5.91 Å². The smallest absolute Gasteiger partial charge is 0.227 e. The molecule has 0 bridgehead atoms. The number of carbonyl (C=O) groups is 1. The fourth-order valence-corrected chi connectivity index (χ4v) is 4.01. The topological polar surface area (TPSA) is 38.1 Å². The van der Waals surface area contributed by atoms with Crippen LogP contribution in [0.3, 0.4) is 0 Å². The number of aromatic nitrogens is 2. The highest BCUT2D eigenvalue weighted by Gasteiger charge is 2.29. The first-order valence-electron chi connectivity index (χ1n) is 9.55. The summed E-state index contributed by atoms with van der Waals surface area (Å²) in [5.74, 6) is 0.204. The van der Waals surface area contributed by atoms with Gasteiger partial charge in [-0.2, -0.15) is 5.10 Å². The normalized spacial score (nSPS) is 15.8. The Bertz CT molecular complexity index is 972. The molecular formula is C23H25N3O. The van der Waals surface area contributed by atoms with E-state index in [-0.39, 0.29) is 11.9 Å². The molecular weight excluding hydrogens is 334 g/mol. The number of para-hydroxylation sites is 1. The first-order chi connectivity index (χ1) is 13.0. The molecule has 0 spiro atoms. The summed E-state index contributed by atoms with van der Waals surface area (Å²) in [6, 6.07) is 18.9. The number of hydrogen-bond acceptors (Lipinski definition) is 2. The van der Waals surface area contributed by atoms with Gasteiger partial charge in [0.1, 0.15) is 0 Å². The molecule has 0 saturated carbocycles. The van der Waals surface area contributed by atoms with Gasteiger partial charge in [0, 0.05) is 23.8 Å². The molecule has 0 saturated heterocycles. The number of anilines is 1. The lowest BCUT2D eigenvalue weighted by Crippen LogP contribution is -2.35. The van der Waals surface area contributed by atoms with Crippen molar-refractivity contribution in [3.05, 3.63) is 77.1 Å². The van der Waals surface area contributed by atoms with Crippen molar-refractivity contribution in [1.29, 1.82) is 0 Å². The van der Waals surface area contributed by atoms with Gasteiger partial charge in [-0.05, 0) is 69.0 Å². The van der Waals surface area contributed by atoms with E-state index in [0.717, 1.165) is 35.6 Å². The second-order valence-corrected chi connectivity index (χ2v) is 7.45. The largest absolute Gasteiger partial charge is 0.309 e. The van der Waals surface area contributed by atoms with Gasteiger partial charge in [-0.1, -0.05) is 30.3 Å². The maximum atomic E-state index is 12.8. The number of fused-ring (bicyclic) bond motifs is 1. The predicted molar refractivity (Wildman–Crippen MR) is 108 cm³/mol. The number of hydrogen-bond donors (Lipinski definition) is 0. The van der Waals surface area contributed by atoms with Crippen molar-refractivity contribution in [3.8, 4) is 5.69 Å². The van der Waals surface area contributed by atoms with Crippen LogP contribution < -0.4 is 4.90 Å². The molecule has 2 heterocycles. The molecule has 0 N–H and O–H groups in total. The van der Waals surface area contributed by atoms with Crippen LogP contribution in [-0.4, -0.2) is 21.7 Å². The molecule has 0 aliphatic carbocycles. The number of rotatable bonds is 4. The van der Waals surface area contributed by atoms with Gasteiger partial charge in [0.25, 0.3) is 0 Å². The zero-order valence-electron chi connectivity index (χ0n) is 16.1. The molecule has 2 aromatic carbocycles. The van der Waals surface area contributed by atoms with Crippen molar-refractivity contribution in [2.75, 3.05) is 4.90 Å². The highest BCUT2D eigenvalue weighted by atomic mass is 16.2. The van der Waals surface area contributed by atoms with Gasteiger partial charge < -0.3 is 4.90 Å². The fraction of sp³-hybridized carbons (Fsp3) is 0.304. The van der Waals surface area contributed by atoms with Crippen molar-refractivity contribution < 1.29 is 4.79 Å². The van der Waals surface area contributed by atoms with Crippen LogP contribution in [0.25, 0.3) is 5.69 Å². The maximum Gasteiger partial charge on any atom is 0.227 e. The van der Waals surface area contributed by atoms with E-state index in [0.29, 0.717) is 6.42 Å². The SMILES string of the molecule is Cc1cc(C)n(-c2ccc(CCC(=O)N3c4ccccc4CC3C)cc2)n1. The molecule has 4 heteroatoms. The average Bonchev–Trinajstić information content (AvgIpc) is 3.17. The zero-order chi connectivity index (χ0) is 19.0. The van der Waals surface area contributed by atoms with Crippen LogP contribution in [-0.2, 0) is 17.6 Å². The summed E-state index contributed by atoms with van der Waals surface area (Å²) in [5.41, 5.74) is 6.72. The molecule has 27 heavy (non-hydrogen) atoms. The van der Waals surface area contributed by atoms with Crippen LogP contribution in [0, 0.1) is 13.8 Å². The molecule has 138 valence electrons. The Hall–Kier alpha value is -2.88. The van der Waals surface area contributed by atoms with Crippen molar-refractivity contribution in [2.45, 2.75) is 46.1 Å². The molecule has 1 amide bonds. The zero-order valence-corrected chi connectivity index (χ0v) is 16.1. The van der Waals surface area contributed by atoms with Crippen molar-refractivity contribution in [1.82, 2.24) is 9.78 Å². The van der Waals surface area contributed by atoms with Crippen LogP contribution in [0.1, 0.15) is 35.9 Å². The molecule has 4 rings (SSSR count). The molecule has 1 aromatic heterocycles. The Labute approximate surface area is 160 Å². The summed E-state index contributed by atoms with van der Waals surface area (Å²) in [6.07, 6.45) is 2.22. The van der Waals surface area contributed by atoms with Crippen LogP contribution in [0.15, 0.2) is 54.6 Å². The summed E-state index contributed by atoms with van der Waals surface area (Å²) in [7, 11) is 0. The third-order valence-electron chi connectivity index (χ3n) is 5.29. The quantitative estimate of drug-likeness (QED) is 0.692. The highest BCUT2D eigenvalue weighted by Crippen LogP contribution is 2.32. The van der Waals surface area contributed by atoms with Gasteiger partial charge in [-0.3, -0.25) is 4.79 Å². The van der Waals surface area contributed by atoms with Crippen molar-refractivity contribution >= 4 is 11.6 Å². The first kappa shape index (κ1) is 17.5. The lowest BCUT2D eigenvalue weighted by molar-refractivity contribution is -0.118. The number of carbonyl (C=O) groups excluding carboxylic acids is 1. The van der Waals surface area contributed by atoms with Gasteiger partial charge in [0.05, 0.1) is 11.4 Å². The number of benzene rings is 2. The highest BCUT2D eigenvalue weighted by molar-refractivity contribution is 5.96. The van der Waals surface area contributed by atoms with E-state index < -0.39 is 0 Å². The molecule has 1 unspecified atom stereocenters. The summed E-state index contributed by atoms with van der Waals surface area (Å²) < 4.78 is 1.95. The average molecular weight is 359 g/mol. The van der Waals surface area contributed by atoms with E-state index >= 15 is 0 Å². The second kappa shape index (κ2) is 7.03.